The highest BCUT2D eigenvalue weighted by Crippen LogP contribution is 2.65. The summed E-state index contributed by atoms with van der Waals surface area (Å²) in [5, 5.41) is 26.4. The van der Waals surface area contributed by atoms with Gasteiger partial charge >= 0.3 is 0 Å². The third-order valence-electron chi connectivity index (χ3n) is 7.68. The van der Waals surface area contributed by atoms with E-state index in [9.17, 15) is 19.8 Å². The van der Waals surface area contributed by atoms with Crippen LogP contribution in [0.5, 0.6) is 0 Å². The van der Waals surface area contributed by atoms with Crippen LogP contribution in [0.1, 0.15) is 62.3 Å². The largest absolute Gasteiger partial charge is 0.467 e. The highest BCUT2D eigenvalue weighted by molar-refractivity contribution is 5.88. The van der Waals surface area contributed by atoms with E-state index in [0.717, 1.165) is 32.1 Å². The fourth-order valence-electron chi connectivity index (χ4n) is 6.71. The van der Waals surface area contributed by atoms with Gasteiger partial charge in [-0.1, -0.05) is 0 Å². The van der Waals surface area contributed by atoms with Gasteiger partial charge in [0.2, 0.25) is 11.8 Å². The Kier molecular flexibility index (Phi) is 5.37. The average molecular weight is 443 g/mol. The molecule has 6 rings (SSSR count). The maximum Gasteiger partial charge on any atom is 0.226 e. The van der Waals surface area contributed by atoms with Crippen molar-refractivity contribution < 1.29 is 28.6 Å². The van der Waals surface area contributed by atoms with Gasteiger partial charge in [-0.3, -0.25) is 9.59 Å². The Bertz CT molecular complexity index is 865. The van der Waals surface area contributed by atoms with Crippen molar-refractivity contribution in [2.45, 2.75) is 50.7 Å². The predicted molar refractivity (Wildman–Crippen MR) is 113 cm³/mol. The summed E-state index contributed by atoms with van der Waals surface area (Å²) in [7, 11) is 0. The minimum Gasteiger partial charge on any atom is -0.467 e. The second kappa shape index (κ2) is 8.08. The zero-order valence-electron chi connectivity index (χ0n) is 18.0. The summed E-state index contributed by atoms with van der Waals surface area (Å²) in [4.78, 5) is 26.6. The van der Waals surface area contributed by atoms with Crippen LogP contribution in [0.3, 0.4) is 0 Å². The van der Waals surface area contributed by atoms with Crippen LogP contribution in [-0.2, 0) is 9.59 Å². The van der Waals surface area contributed by atoms with Crippen LogP contribution >= 0.6 is 0 Å². The van der Waals surface area contributed by atoms with Crippen LogP contribution in [0.25, 0.3) is 0 Å². The van der Waals surface area contributed by atoms with Gasteiger partial charge in [-0.05, 0) is 74.6 Å². The number of furan rings is 2. The molecule has 0 saturated heterocycles. The molecule has 2 unspecified atom stereocenters. The van der Waals surface area contributed by atoms with Crippen molar-refractivity contribution in [1.82, 2.24) is 10.6 Å². The molecule has 4 aliphatic carbocycles. The highest BCUT2D eigenvalue weighted by Gasteiger charge is 2.63. The molecule has 2 amide bonds. The third-order valence-corrected chi connectivity index (χ3v) is 7.68. The van der Waals surface area contributed by atoms with Gasteiger partial charge < -0.3 is 29.7 Å². The fourth-order valence-corrected chi connectivity index (χ4v) is 6.71. The summed E-state index contributed by atoms with van der Waals surface area (Å²) in [5.74, 6) is 1.37. The molecule has 4 bridgehead atoms. The zero-order chi connectivity index (χ0) is 22.3. The first-order valence-electron chi connectivity index (χ1n) is 11.4. The fraction of sp³-hybridized carbons (Fsp3) is 0.583. The van der Waals surface area contributed by atoms with Crippen molar-refractivity contribution in [2.24, 2.45) is 22.7 Å². The Morgan fingerprint density at radius 2 is 1.31 bits per heavy atom. The number of rotatable bonds is 8. The molecule has 8 heteroatoms. The van der Waals surface area contributed by atoms with Gasteiger partial charge in [-0.2, -0.15) is 0 Å². The molecule has 172 valence electrons. The number of aliphatic hydroxyl groups excluding tert-OH is 2. The molecule has 0 aromatic carbocycles. The summed E-state index contributed by atoms with van der Waals surface area (Å²) >= 11 is 0. The molecule has 2 atom stereocenters. The van der Waals surface area contributed by atoms with Gasteiger partial charge in [-0.15, -0.1) is 0 Å². The van der Waals surface area contributed by atoms with Crippen molar-refractivity contribution in [2.75, 3.05) is 13.1 Å². The van der Waals surface area contributed by atoms with E-state index >= 15 is 0 Å². The Balaban J connectivity index is 1.26. The lowest BCUT2D eigenvalue weighted by Crippen LogP contribution is -2.61. The quantitative estimate of drug-likeness (QED) is 0.498. The Morgan fingerprint density at radius 1 is 0.875 bits per heavy atom. The summed E-state index contributed by atoms with van der Waals surface area (Å²) < 4.78 is 10.4. The van der Waals surface area contributed by atoms with Gasteiger partial charge in [0.1, 0.15) is 23.7 Å². The normalized spacial score (nSPS) is 32.4. The van der Waals surface area contributed by atoms with Crippen molar-refractivity contribution in [3.8, 4) is 0 Å². The molecule has 2 aromatic heterocycles. The number of carbonyl (C=O) groups is 2. The molecule has 0 spiro atoms. The van der Waals surface area contributed by atoms with Crippen LogP contribution in [0.15, 0.2) is 45.6 Å². The van der Waals surface area contributed by atoms with Gasteiger partial charge in [0, 0.05) is 0 Å². The van der Waals surface area contributed by atoms with E-state index in [0.29, 0.717) is 29.8 Å². The van der Waals surface area contributed by atoms with E-state index in [4.69, 9.17) is 8.83 Å². The molecule has 4 saturated carbocycles. The Labute approximate surface area is 186 Å². The predicted octanol–water partition coefficient (Wildman–Crippen LogP) is 2.46. The summed E-state index contributed by atoms with van der Waals surface area (Å²) in [6.45, 7) is 0.163. The lowest BCUT2D eigenvalue weighted by molar-refractivity contribution is -0.168. The van der Waals surface area contributed by atoms with E-state index in [1.165, 1.54) is 12.5 Å². The average Bonchev–Trinajstić information content (AvgIpc) is 3.48. The molecule has 0 radical (unpaired) electrons. The number of aliphatic hydroxyl groups is 2. The first kappa shape index (κ1) is 21.3. The summed E-state index contributed by atoms with van der Waals surface area (Å²) in [6.07, 6.45) is 5.91. The zero-order valence-corrected chi connectivity index (χ0v) is 18.0. The van der Waals surface area contributed by atoms with E-state index in [2.05, 4.69) is 10.6 Å². The van der Waals surface area contributed by atoms with Gasteiger partial charge in [-0.25, -0.2) is 0 Å². The molecule has 4 fully saturated rings. The minimum atomic E-state index is -0.900. The SMILES string of the molecule is O=C(NCC(O)c1ccco1)C12CC3CC(C1)CC(C(=O)NCC(O)c1ccco1)(C3)C2. The summed E-state index contributed by atoms with van der Waals surface area (Å²) in [6, 6.07) is 6.76. The van der Waals surface area contributed by atoms with Crippen LogP contribution < -0.4 is 10.6 Å². The maximum absolute atomic E-state index is 13.3. The van der Waals surface area contributed by atoms with E-state index in [-0.39, 0.29) is 24.9 Å². The van der Waals surface area contributed by atoms with Crippen molar-refractivity contribution in [3.05, 3.63) is 48.3 Å². The molecule has 2 aromatic rings. The first-order valence-corrected chi connectivity index (χ1v) is 11.4. The van der Waals surface area contributed by atoms with E-state index in [1.807, 2.05) is 0 Å². The highest BCUT2D eigenvalue weighted by atomic mass is 16.4. The lowest BCUT2D eigenvalue weighted by atomic mass is 9.43. The van der Waals surface area contributed by atoms with Crippen molar-refractivity contribution in [3.63, 3.8) is 0 Å². The smallest absolute Gasteiger partial charge is 0.226 e. The number of nitrogens with one attached hydrogen (secondary N) is 2. The van der Waals surface area contributed by atoms with Gasteiger partial charge in [0.05, 0.1) is 36.4 Å². The van der Waals surface area contributed by atoms with Crippen LogP contribution in [-0.4, -0.2) is 35.1 Å². The maximum atomic E-state index is 13.3. The molecule has 4 aliphatic rings. The first-order chi connectivity index (χ1) is 15.4. The van der Waals surface area contributed by atoms with E-state index < -0.39 is 23.0 Å². The second-order valence-electron chi connectivity index (χ2n) is 10.0. The Hall–Kier alpha value is -2.58. The van der Waals surface area contributed by atoms with Crippen molar-refractivity contribution in [1.29, 1.82) is 0 Å². The molecular weight excluding hydrogens is 412 g/mol. The molecule has 8 nitrogen and oxygen atoms in total. The van der Waals surface area contributed by atoms with Gasteiger partial charge in [0.25, 0.3) is 0 Å². The molecule has 32 heavy (non-hydrogen) atoms. The minimum absolute atomic E-state index is 0.0787. The lowest BCUT2D eigenvalue weighted by Gasteiger charge is -2.60. The monoisotopic (exact) mass is 442 g/mol. The van der Waals surface area contributed by atoms with Crippen LogP contribution in [0.2, 0.25) is 0 Å². The number of carbonyl (C=O) groups excluding carboxylic acids is 2. The number of amides is 2. The number of hydrogen-bond acceptors (Lipinski definition) is 6. The standard InChI is InChI=1S/C24H30N2O6/c27-17(19-3-1-5-31-19)12-25-21(29)23-8-15-7-16(9-23)11-24(10-15,14-23)22(30)26-13-18(28)20-4-2-6-32-20/h1-6,15-18,27-28H,7-14H2,(H,25,29)(H,26,30). The van der Waals surface area contributed by atoms with Crippen LogP contribution in [0.4, 0.5) is 0 Å². The second-order valence-corrected chi connectivity index (χ2v) is 10.0. The summed E-state index contributed by atoms with van der Waals surface area (Å²) in [5.41, 5.74) is -1.16. The van der Waals surface area contributed by atoms with Crippen LogP contribution in [0, 0.1) is 22.7 Å². The molecule has 0 aliphatic heterocycles. The van der Waals surface area contributed by atoms with E-state index in [1.54, 1.807) is 24.3 Å². The number of hydrogen-bond donors (Lipinski definition) is 4. The topological polar surface area (TPSA) is 125 Å². The Morgan fingerprint density at radius 3 is 1.69 bits per heavy atom. The molecular formula is C24H30N2O6. The van der Waals surface area contributed by atoms with Crippen molar-refractivity contribution >= 4 is 11.8 Å². The third kappa shape index (κ3) is 3.75. The molecule has 2 heterocycles. The van der Waals surface area contributed by atoms with Gasteiger partial charge in [0.15, 0.2) is 0 Å². The molecule has 4 N–H and O–H groups in total.